The van der Waals surface area contributed by atoms with Crippen LogP contribution in [0.2, 0.25) is 0 Å². The molecule has 1 aliphatic carbocycles. The number of aliphatic imine (C=N–C) groups is 1. The predicted octanol–water partition coefficient (Wildman–Crippen LogP) is 3.89. The lowest BCUT2D eigenvalue weighted by Crippen LogP contribution is -2.42. The van der Waals surface area contributed by atoms with E-state index in [4.69, 9.17) is 4.74 Å². The Kier molecular flexibility index (Phi) is 7.89. The van der Waals surface area contributed by atoms with Gasteiger partial charge in [-0.2, -0.15) is 0 Å². The molecule has 4 nitrogen and oxygen atoms in total. The lowest BCUT2D eigenvalue weighted by molar-refractivity contribution is 0.409. The molecular formula is C21H27FIN3O. The number of hydrogen-bond donors (Lipinski definition) is 2. The number of para-hydroxylation sites is 1. The van der Waals surface area contributed by atoms with E-state index in [1.165, 1.54) is 6.07 Å². The fraction of sp³-hybridized carbons (Fsp3) is 0.381. The Bertz CT molecular complexity index is 778. The van der Waals surface area contributed by atoms with Crippen LogP contribution in [-0.2, 0) is 11.8 Å². The van der Waals surface area contributed by atoms with Crippen molar-refractivity contribution in [3.05, 3.63) is 65.5 Å². The highest BCUT2D eigenvalue weighted by Gasteiger charge is 2.45. The molecule has 6 heteroatoms. The van der Waals surface area contributed by atoms with E-state index in [2.05, 4.69) is 21.7 Å². The van der Waals surface area contributed by atoms with Gasteiger partial charge in [-0.05, 0) is 42.5 Å². The quantitative estimate of drug-likeness (QED) is 0.357. The molecule has 0 bridgehead atoms. The van der Waals surface area contributed by atoms with E-state index in [1.807, 2.05) is 30.3 Å². The van der Waals surface area contributed by atoms with Crippen LogP contribution in [0.15, 0.2) is 53.5 Å². The molecule has 2 N–H and O–H groups in total. The second-order valence-corrected chi connectivity index (χ2v) is 6.67. The van der Waals surface area contributed by atoms with Crippen molar-refractivity contribution in [3.8, 4) is 5.75 Å². The molecule has 0 unspecified atom stereocenters. The fourth-order valence-corrected chi connectivity index (χ4v) is 3.28. The Morgan fingerprint density at radius 3 is 2.48 bits per heavy atom. The molecule has 0 heterocycles. The summed E-state index contributed by atoms with van der Waals surface area (Å²) in [4.78, 5) is 4.28. The summed E-state index contributed by atoms with van der Waals surface area (Å²) in [5, 5.41) is 6.68. The first-order valence-electron chi connectivity index (χ1n) is 9.00. The van der Waals surface area contributed by atoms with Gasteiger partial charge in [-0.3, -0.25) is 4.99 Å². The highest BCUT2D eigenvalue weighted by Crippen LogP contribution is 2.48. The summed E-state index contributed by atoms with van der Waals surface area (Å²) in [6.45, 7) is 1.43. The molecule has 0 spiro atoms. The minimum Gasteiger partial charge on any atom is -0.496 e. The fourth-order valence-electron chi connectivity index (χ4n) is 3.28. The van der Waals surface area contributed by atoms with Crippen molar-refractivity contribution < 1.29 is 9.13 Å². The average molecular weight is 483 g/mol. The van der Waals surface area contributed by atoms with Crippen LogP contribution in [-0.4, -0.2) is 33.2 Å². The number of nitrogens with zero attached hydrogens (tertiary/aromatic N) is 1. The molecule has 0 amide bonds. The minimum atomic E-state index is -0.120. The van der Waals surface area contributed by atoms with E-state index >= 15 is 0 Å². The summed E-state index contributed by atoms with van der Waals surface area (Å²) in [6.07, 6.45) is 2.83. The molecule has 0 saturated heterocycles. The number of hydrogen-bond acceptors (Lipinski definition) is 2. The topological polar surface area (TPSA) is 45.7 Å². The van der Waals surface area contributed by atoms with Gasteiger partial charge in [-0.1, -0.05) is 36.4 Å². The third kappa shape index (κ3) is 5.34. The molecule has 2 aromatic rings. The average Bonchev–Trinajstić information content (AvgIpc) is 3.46. The number of nitrogens with one attached hydrogen (secondary N) is 2. The van der Waals surface area contributed by atoms with E-state index in [1.54, 1.807) is 20.2 Å². The first-order chi connectivity index (χ1) is 12.7. The zero-order chi connectivity index (χ0) is 18.4. The highest BCUT2D eigenvalue weighted by molar-refractivity contribution is 14.0. The number of halogens is 2. The summed E-state index contributed by atoms with van der Waals surface area (Å²) in [5.41, 5.74) is 1.85. The van der Waals surface area contributed by atoms with Crippen molar-refractivity contribution in [2.75, 3.05) is 27.2 Å². The van der Waals surface area contributed by atoms with E-state index in [-0.39, 0.29) is 35.2 Å². The van der Waals surface area contributed by atoms with Crippen LogP contribution in [0, 0.1) is 5.82 Å². The monoisotopic (exact) mass is 483 g/mol. The molecule has 1 saturated carbocycles. The first kappa shape index (κ1) is 21.5. The van der Waals surface area contributed by atoms with Crippen molar-refractivity contribution in [1.29, 1.82) is 0 Å². The van der Waals surface area contributed by atoms with E-state index in [9.17, 15) is 4.39 Å². The van der Waals surface area contributed by atoms with Crippen LogP contribution in [0.1, 0.15) is 24.0 Å². The summed E-state index contributed by atoms with van der Waals surface area (Å²) >= 11 is 0. The van der Waals surface area contributed by atoms with Crippen LogP contribution < -0.4 is 15.4 Å². The molecule has 2 aromatic carbocycles. The highest BCUT2D eigenvalue weighted by atomic mass is 127. The maximum atomic E-state index is 14.1. The Morgan fingerprint density at radius 2 is 1.81 bits per heavy atom. The van der Waals surface area contributed by atoms with Crippen LogP contribution in [0.25, 0.3) is 0 Å². The summed E-state index contributed by atoms with van der Waals surface area (Å²) in [7, 11) is 3.44. The molecule has 0 aliphatic heterocycles. The van der Waals surface area contributed by atoms with E-state index in [0.29, 0.717) is 6.54 Å². The van der Waals surface area contributed by atoms with E-state index in [0.717, 1.165) is 48.6 Å². The van der Waals surface area contributed by atoms with Crippen molar-refractivity contribution in [1.82, 2.24) is 10.6 Å². The molecule has 1 fully saturated rings. The summed E-state index contributed by atoms with van der Waals surface area (Å²) in [5.74, 6) is 1.52. The third-order valence-electron chi connectivity index (χ3n) is 5.00. The maximum Gasteiger partial charge on any atom is 0.191 e. The van der Waals surface area contributed by atoms with Crippen molar-refractivity contribution in [2.45, 2.75) is 24.7 Å². The van der Waals surface area contributed by atoms with Crippen molar-refractivity contribution >= 4 is 29.9 Å². The molecule has 0 aromatic heterocycles. The van der Waals surface area contributed by atoms with Gasteiger partial charge in [0.2, 0.25) is 0 Å². The van der Waals surface area contributed by atoms with Crippen LogP contribution in [0.5, 0.6) is 5.75 Å². The second kappa shape index (κ2) is 9.92. The molecule has 1 aliphatic rings. The lowest BCUT2D eigenvalue weighted by atomic mass is 9.95. The third-order valence-corrected chi connectivity index (χ3v) is 5.00. The number of benzene rings is 2. The maximum absolute atomic E-state index is 14.1. The van der Waals surface area contributed by atoms with Crippen LogP contribution >= 0.6 is 24.0 Å². The van der Waals surface area contributed by atoms with Crippen LogP contribution in [0.3, 0.4) is 0 Å². The Labute approximate surface area is 177 Å². The number of rotatable bonds is 7. The smallest absolute Gasteiger partial charge is 0.191 e. The van der Waals surface area contributed by atoms with Gasteiger partial charge in [0.15, 0.2) is 5.96 Å². The first-order valence-corrected chi connectivity index (χ1v) is 9.00. The summed E-state index contributed by atoms with van der Waals surface area (Å²) < 4.78 is 19.5. The lowest BCUT2D eigenvalue weighted by Gasteiger charge is -2.19. The Hall–Kier alpha value is -1.83. The second-order valence-electron chi connectivity index (χ2n) is 6.67. The normalized spacial score (nSPS) is 14.9. The molecule has 0 atom stereocenters. The Balaban J connectivity index is 0.00000261. The molecule has 146 valence electrons. The molecular weight excluding hydrogens is 456 g/mol. The van der Waals surface area contributed by atoms with Gasteiger partial charge >= 0.3 is 0 Å². The van der Waals surface area contributed by atoms with Crippen LogP contribution in [0.4, 0.5) is 4.39 Å². The number of ether oxygens (including phenoxy) is 1. The van der Waals surface area contributed by atoms with Crippen molar-refractivity contribution in [3.63, 3.8) is 0 Å². The van der Waals surface area contributed by atoms with Gasteiger partial charge in [-0.25, -0.2) is 4.39 Å². The van der Waals surface area contributed by atoms with Crippen molar-refractivity contribution in [2.24, 2.45) is 4.99 Å². The molecule has 0 radical (unpaired) electrons. The standard InChI is InChI=1S/C21H26FN3O.HI/c1-23-20(24-14-11-16-7-3-6-10-19(16)26-2)25-15-21(12-13-21)17-8-4-5-9-18(17)22;/h3-10H,11-15H2,1-2H3,(H2,23,24,25);1H. The van der Waals surface area contributed by atoms with Gasteiger partial charge in [0.1, 0.15) is 11.6 Å². The van der Waals surface area contributed by atoms with Gasteiger partial charge in [0.25, 0.3) is 0 Å². The van der Waals surface area contributed by atoms with E-state index < -0.39 is 0 Å². The predicted molar refractivity (Wildman–Crippen MR) is 119 cm³/mol. The SMILES string of the molecule is CN=C(NCCc1ccccc1OC)NCC1(c2ccccc2F)CC1.I. The molecule has 3 rings (SSSR count). The minimum absolute atomic E-state index is 0. The van der Waals surface area contributed by atoms with Gasteiger partial charge in [0, 0.05) is 25.6 Å². The number of methoxy groups -OCH3 is 1. The van der Waals surface area contributed by atoms with Gasteiger partial charge in [-0.15, -0.1) is 24.0 Å². The Morgan fingerprint density at radius 1 is 1.11 bits per heavy atom. The zero-order valence-electron chi connectivity index (χ0n) is 15.8. The summed E-state index contributed by atoms with van der Waals surface area (Å²) in [6, 6.07) is 15.1. The van der Waals surface area contributed by atoms with Gasteiger partial charge < -0.3 is 15.4 Å². The largest absolute Gasteiger partial charge is 0.496 e. The number of guanidine groups is 1. The zero-order valence-corrected chi connectivity index (χ0v) is 18.1. The van der Waals surface area contributed by atoms with Gasteiger partial charge in [0.05, 0.1) is 7.11 Å². The molecule has 27 heavy (non-hydrogen) atoms.